The number of benzene rings is 3. The van der Waals surface area contributed by atoms with E-state index in [0.29, 0.717) is 55.1 Å². The quantitative estimate of drug-likeness (QED) is 0.136. The van der Waals surface area contributed by atoms with Crippen molar-refractivity contribution in [1.82, 2.24) is 5.32 Å². The summed E-state index contributed by atoms with van der Waals surface area (Å²) in [5.41, 5.74) is 3.97. The van der Waals surface area contributed by atoms with Gasteiger partial charge in [0.05, 0.1) is 26.7 Å². The van der Waals surface area contributed by atoms with Gasteiger partial charge in [0.2, 0.25) is 0 Å². The van der Waals surface area contributed by atoms with E-state index in [1.165, 1.54) is 17.7 Å². The second-order valence-corrected chi connectivity index (χ2v) is 8.90. The van der Waals surface area contributed by atoms with Gasteiger partial charge >= 0.3 is 0 Å². The van der Waals surface area contributed by atoms with E-state index in [1.54, 1.807) is 6.07 Å². The van der Waals surface area contributed by atoms with Crippen LogP contribution < -0.4 is 20.1 Å². The third kappa shape index (κ3) is 8.58. The smallest absolute Gasteiger partial charge is 0.271 e. The van der Waals surface area contributed by atoms with Crippen molar-refractivity contribution in [2.75, 3.05) is 25.0 Å². The van der Waals surface area contributed by atoms with Gasteiger partial charge in [-0.3, -0.25) is 10.1 Å². The molecule has 0 amide bonds. The molecule has 35 heavy (non-hydrogen) atoms. The molecule has 0 atom stereocenters. The SMILES string of the molecule is CCOc1cc(CNCCNc2ccc([N+](=O)[O-])cc2Cl)cc(Br)c1OCc1ccc(C)cc1.Cl. The summed E-state index contributed by atoms with van der Waals surface area (Å²) in [4.78, 5) is 10.3. The lowest BCUT2D eigenvalue weighted by atomic mass is 10.1. The fraction of sp³-hybridized carbons (Fsp3) is 0.280. The molecule has 0 aliphatic carbocycles. The number of hydrogen-bond acceptors (Lipinski definition) is 6. The summed E-state index contributed by atoms with van der Waals surface area (Å²) in [6, 6.07) is 16.6. The first-order valence-electron chi connectivity index (χ1n) is 10.9. The number of rotatable bonds is 12. The van der Waals surface area contributed by atoms with Gasteiger partial charge in [0, 0.05) is 31.8 Å². The van der Waals surface area contributed by atoms with Gasteiger partial charge in [-0.05, 0) is 59.1 Å². The number of nitrogens with zero attached hydrogens (tertiary/aromatic N) is 1. The molecule has 0 unspecified atom stereocenters. The number of nitro groups is 1. The van der Waals surface area contributed by atoms with E-state index in [-0.39, 0.29) is 18.1 Å². The van der Waals surface area contributed by atoms with Gasteiger partial charge < -0.3 is 20.1 Å². The predicted octanol–water partition coefficient (Wildman–Crippen LogP) is 6.92. The maximum atomic E-state index is 10.8. The molecule has 3 aromatic carbocycles. The number of anilines is 1. The molecule has 0 bridgehead atoms. The zero-order valence-corrected chi connectivity index (χ0v) is 22.6. The predicted molar refractivity (Wildman–Crippen MR) is 146 cm³/mol. The first kappa shape index (κ1) is 28.7. The molecular formula is C25H28BrCl2N3O4. The molecule has 3 rings (SSSR count). The van der Waals surface area contributed by atoms with Crippen LogP contribution in [0.15, 0.2) is 59.1 Å². The molecule has 0 aliphatic rings. The number of aryl methyl sites for hydroxylation is 1. The van der Waals surface area contributed by atoms with Crippen LogP contribution in [0.2, 0.25) is 5.02 Å². The number of hydrogen-bond donors (Lipinski definition) is 2. The highest BCUT2D eigenvalue weighted by atomic mass is 79.9. The van der Waals surface area contributed by atoms with E-state index >= 15 is 0 Å². The Labute approximate surface area is 224 Å². The minimum absolute atomic E-state index is 0. The average Bonchev–Trinajstić information content (AvgIpc) is 2.80. The van der Waals surface area contributed by atoms with E-state index in [4.69, 9.17) is 21.1 Å². The van der Waals surface area contributed by atoms with Crippen molar-refractivity contribution in [3.63, 3.8) is 0 Å². The lowest BCUT2D eigenvalue weighted by Crippen LogP contribution is -2.22. The van der Waals surface area contributed by atoms with Crippen LogP contribution >= 0.6 is 39.9 Å². The van der Waals surface area contributed by atoms with Crippen molar-refractivity contribution in [1.29, 1.82) is 0 Å². The second kappa shape index (κ2) is 14.1. The molecule has 2 N–H and O–H groups in total. The van der Waals surface area contributed by atoms with E-state index in [0.717, 1.165) is 15.6 Å². The van der Waals surface area contributed by atoms with E-state index in [2.05, 4.69) is 57.8 Å². The maximum absolute atomic E-state index is 10.8. The van der Waals surface area contributed by atoms with Crippen LogP contribution in [-0.2, 0) is 13.2 Å². The fourth-order valence-electron chi connectivity index (χ4n) is 3.25. The lowest BCUT2D eigenvalue weighted by Gasteiger charge is -2.16. The Bertz CT molecular complexity index is 1130. The number of non-ortho nitro benzene ring substituents is 1. The minimum Gasteiger partial charge on any atom is -0.490 e. The van der Waals surface area contributed by atoms with E-state index in [9.17, 15) is 10.1 Å². The van der Waals surface area contributed by atoms with Gasteiger partial charge in [0.15, 0.2) is 11.5 Å². The van der Waals surface area contributed by atoms with Gasteiger partial charge in [0.1, 0.15) is 6.61 Å². The monoisotopic (exact) mass is 583 g/mol. The van der Waals surface area contributed by atoms with Gasteiger partial charge in [-0.1, -0.05) is 41.4 Å². The molecule has 0 radical (unpaired) electrons. The molecule has 188 valence electrons. The van der Waals surface area contributed by atoms with Crippen LogP contribution in [0, 0.1) is 17.0 Å². The highest BCUT2D eigenvalue weighted by molar-refractivity contribution is 9.10. The Morgan fingerprint density at radius 3 is 2.43 bits per heavy atom. The number of ether oxygens (including phenoxy) is 2. The molecule has 0 aromatic heterocycles. The van der Waals surface area contributed by atoms with Crippen LogP contribution in [0.25, 0.3) is 0 Å². The molecule has 0 saturated carbocycles. The number of halogens is 3. The van der Waals surface area contributed by atoms with Crippen LogP contribution in [-0.4, -0.2) is 24.6 Å². The van der Waals surface area contributed by atoms with Crippen molar-refractivity contribution < 1.29 is 14.4 Å². The standard InChI is InChI=1S/C25H27BrClN3O4.ClH/c1-3-33-24-13-19(12-21(26)25(24)34-16-18-6-4-17(2)5-7-18)15-28-10-11-29-23-9-8-20(30(31)32)14-22(23)27;/h4-9,12-14,28-29H,3,10-11,15-16H2,1-2H3;1H. The van der Waals surface area contributed by atoms with Gasteiger partial charge in [0.25, 0.3) is 5.69 Å². The molecule has 0 saturated heterocycles. The summed E-state index contributed by atoms with van der Waals surface area (Å²) >= 11 is 9.74. The summed E-state index contributed by atoms with van der Waals surface area (Å²) in [5, 5.41) is 17.7. The number of nitrogens with one attached hydrogen (secondary N) is 2. The zero-order valence-electron chi connectivity index (χ0n) is 19.5. The molecule has 0 heterocycles. The Kier molecular flexibility index (Phi) is 11.6. The molecule has 7 nitrogen and oxygen atoms in total. The maximum Gasteiger partial charge on any atom is 0.271 e. The van der Waals surface area contributed by atoms with E-state index < -0.39 is 4.92 Å². The highest BCUT2D eigenvalue weighted by Crippen LogP contribution is 2.37. The van der Waals surface area contributed by atoms with E-state index in [1.807, 2.05) is 19.1 Å². The average molecular weight is 585 g/mol. The Balaban J connectivity index is 0.00000432. The van der Waals surface area contributed by atoms with Crippen LogP contribution in [0.3, 0.4) is 0 Å². The first-order valence-corrected chi connectivity index (χ1v) is 12.1. The minimum atomic E-state index is -0.468. The number of nitro benzene ring substituents is 1. The second-order valence-electron chi connectivity index (χ2n) is 7.64. The Hall–Kier alpha value is -2.52. The lowest BCUT2D eigenvalue weighted by molar-refractivity contribution is -0.384. The van der Waals surface area contributed by atoms with Crippen molar-refractivity contribution in [2.24, 2.45) is 0 Å². The van der Waals surface area contributed by atoms with Crippen molar-refractivity contribution in [2.45, 2.75) is 27.0 Å². The molecular weight excluding hydrogens is 557 g/mol. The van der Waals surface area contributed by atoms with Crippen LogP contribution in [0.4, 0.5) is 11.4 Å². The normalized spacial score (nSPS) is 10.4. The fourth-order valence-corrected chi connectivity index (χ4v) is 4.09. The van der Waals surface area contributed by atoms with Crippen LogP contribution in [0.5, 0.6) is 11.5 Å². The topological polar surface area (TPSA) is 85.7 Å². The summed E-state index contributed by atoms with van der Waals surface area (Å²) < 4.78 is 12.7. The van der Waals surface area contributed by atoms with Crippen LogP contribution in [0.1, 0.15) is 23.6 Å². The zero-order chi connectivity index (χ0) is 24.5. The van der Waals surface area contributed by atoms with Gasteiger partial charge in [-0.2, -0.15) is 0 Å². The Morgan fingerprint density at radius 2 is 1.77 bits per heavy atom. The summed E-state index contributed by atoms with van der Waals surface area (Å²) in [7, 11) is 0. The molecule has 0 spiro atoms. The summed E-state index contributed by atoms with van der Waals surface area (Å²) in [6.07, 6.45) is 0. The summed E-state index contributed by atoms with van der Waals surface area (Å²) in [5.74, 6) is 1.37. The first-order chi connectivity index (χ1) is 16.4. The Morgan fingerprint density at radius 1 is 1.03 bits per heavy atom. The molecule has 10 heteroatoms. The highest BCUT2D eigenvalue weighted by Gasteiger charge is 2.13. The van der Waals surface area contributed by atoms with Crippen molar-refractivity contribution >= 4 is 51.3 Å². The largest absolute Gasteiger partial charge is 0.490 e. The molecule has 0 fully saturated rings. The van der Waals surface area contributed by atoms with Gasteiger partial charge in [-0.15, -0.1) is 12.4 Å². The molecule has 3 aromatic rings. The van der Waals surface area contributed by atoms with Crippen molar-refractivity contribution in [3.05, 3.63) is 90.9 Å². The third-order valence-corrected chi connectivity index (χ3v) is 5.88. The van der Waals surface area contributed by atoms with Gasteiger partial charge in [-0.25, -0.2) is 0 Å². The van der Waals surface area contributed by atoms with Crippen molar-refractivity contribution in [3.8, 4) is 11.5 Å². The third-order valence-electron chi connectivity index (χ3n) is 4.98. The molecule has 0 aliphatic heterocycles. The summed E-state index contributed by atoms with van der Waals surface area (Å²) in [6.45, 7) is 6.89.